The van der Waals surface area contributed by atoms with Crippen LogP contribution in [-0.4, -0.2) is 43.4 Å². The van der Waals surface area contributed by atoms with Crippen LogP contribution in [0.15, 0.2) is 66.7 Å². The van der Waals surface area contributed by atoms with Gasteiger partial charge in [-0.2, -0.15) is 0 Å². The van der Waals surface area contributed by atoms with Gasteiger partial charge in [0.15, 0.2) is 0 Å². The average Bonchev–Trinajstić information content (AvgIpc) is 2.79. The Balaban J connectivity index is 0.00000289. The van der Waals surface area contributed by atoms with Gasteiger partial charge < -0.3 is 19.5 Å². The first-order valence-electron chi connectivity index (χ1n) is 11.1. The molecule has 32 heavy (non-hydrogen) atoms. The zero-order valence-corrected chi connectivity index (χ0v) is 20.0. The maximum absolute atomic E-state index is 12.2. The maximum atomic E-state index is 12.2. The molecule has 0 heterocycles. The van der Waals surface area contributed by atoms with Crippen LogP contribution in [0.5, 0.6) is 5.75 Å². The molecular formula is C27H34ClNO3. The molecule has 0 bridgehead atoms. The van der Waals surface area contributed by atoms with Crippen molar-refractivity contribution in [2.75, 3.05) is 27.7 Å². The SMILES string of the molecule is COc1cccc(C2(O)CCCCC2(CN(C)C)OCc2ccc3ccccc3c2)c1.Cl. The largest absolute Gasteiger partial charge is 0.497 e. The molecule has 4 nitrogen and oxygen atoms in total. The highest BCUT2D eigenvalue weighted by atomic mass is 35.5. The number of hydrogen-bond acceptors (Lipinski definition) is 4. The van der Waals surface area contributed by atoms with Crippen molar-refractivity contribution < 1.29 is 14.6 Å². The van der Waals surface area contributed by atoms with E-state index in [0.717, 1.165) is 36.1 Å². The summed E-state index contributed by atoms with van der Waals surface area (Å²) in [6.07, 6.45) is 3.50. The van der Waals surface area contributed by atoms with E-state index in [2.05, 4.69) is 47.4 Å². The lowest BCUT2D eigenvalue weighted by Gasteiger charge is -2.51. The van der Waals surface area contributed by atoms with Gasteiger partial charge in [0, 0.05) is 6.54 Å². The topological polar surface area (TPSA) is 41.9 Å². The number of halogens is 1. The van der Waals surface area contributed by atoms with Crippen LogP contribution in [0.2, 0.25) is 0 Å². The van der Waals surface area contributed by atoms with Crippen molar-refractivity contribution >= 4 is 23.2 Å². The molecule has 2 unspecified atom stereocenters. The van der Waals surface area contributed by atoms with E-state index in [0.29, 0.717) is 19.6 Å². The van der Waals surface area contributed by atoms with E-state index in [-0.39, 0.29) is 12.4 Å². The second-order valence-corrected chi connectivity index (χ2v) is 9.00. The minimum absolute atomic E-state index is 0. The molecule has 5 heteroatoms. The number of rotatable bonds is 7. The van der Waals surface area contributed by atoms with Crippen LogP contribution in [0.1, 0.15) is 36.8 Å². The van der Waals surface area contributed by atoms with Crippen molar-refractivity contribution in [3.8, 4) is 5.75 Å². The van der Waals surface area contributed by atoms with Gasteiger partial charge in [0.1, 0.15) is 17.0 Å². The van der Waals surface area contributed by atoms with Crippen LogP contribution in [-0.2, 0) is 16.9 Å². The standard InChI is InChI=1S/C27H33NO3.ClH/c1-28(2)20-26(31-19-21-13-14-22-9-4-5-10-23(22)17-21)15-6-7-16-27(26,29)24-11-8-12-25(18-24)30-3;/h4-5,8-14,17-18,29H,6-7,15-16,19-20H2,1-3H3;1H. The fraction of sp³-hybridized carbons (Fsp3) is 0.407. The fourth-order valence-corrected chi connectivity index (χ4v) is 5.02. The molecule has 2 atom stereocenters. The summed E-state index contributed by atoms with van der Waals surface area (Å²) in [5, 5.41) is 14.6. The third kappa shape index (κ3) is 4.79. The number of nitrogens with zero attached hydrogens (tertiary/aromatic N) is 1. The summed E-state index contributed by atoms with van der Waals surface area (Å²) in [6.45, 7) is 1.11. The summed E-state index contributed by atoms with van der Waals surface area (Å²) in [5.41, 5.74) is 0.204. The van der Waals surface area contributed by atoms with E-state index in [4.69, 9.17) is 9.47 Å². The Labute approximate surface area is 197 Å². The first-order valence-corrected chi connectivity index (χ1v) is 11.1. The van der Waals surface area contributed by atoms with Crippen LogP contribution in [0.3, 0.4) is 0 Å². The van der Waals surface area contributed by atoms with Crippen molar-refractivity contribution in [2.45, 2.75) is 43.5 Å². The zero-order chi connectivity index (χ0) is 21.9. The number of likely N-dealkylation sites (N-methyl/N-ethyl adjacent to an activating group) is 1. The van der Waals surface area contributed by atoms with Gasteiger partial charge in [-0.25, -0.2) is 0 Å². The van der Waals surface area contributed by atoms with Gasteiger partial charge in [-0.15, -0.1) is 12.4 Å². The molecule has 0 amide bonds. The second kappa shape index (κ2) is 10.2. The lowest BCUT2D eigenvalue weighted by Crippen LogP contribution is -2.60. The first-order chi connectivity index (χ1) is 15.0. The predicted octanol–water partition coefficient (Wildman–Crippen LogP) is 5.55. The Kier molecular flexibility index (Phi) is 7.84. The monoisotopic (exact) mass is 455 g/mol. The van der Waals surface area contributed by atoms with Crippen LogP contribution in [0.25, 0.3) is 10.8 Å². The van der Waals surface area contributed by atoms with Gasteiger partial charge in [-0.05, 0) is 67.0 Å². The summed E-state index contributed by atoms with van der Waals surface area (Å²) in [6, 6.07) is 22.6. The van der Waals surface area contributed by atoms with E-state index in [1.54, 1.807) is 7.11 Å². The highest BCUT2D eigenvalue weighted by molar-refractivity contribution is 5.85. The van der Waals surface area contributed by atoms with Gasteiger partial charge in [0.25, 0.3) is 0 Å². The molecule has 0 aliphatic heterocycles. The maximum Gasteiger partial charge on any atom is 0.120 e. The number of ether oxygens (including phenoxy) is 2. The smallest absolute Gasteiger partial charge is 0.120 e. The quantitative estimate of drug-likeness (QED) is 0.507. The van der Waals surface area contributed by atoms with Crippen molar-refractivity contribution in [2.24, 2.45) is 0 Å². The molecule has 1 fully saturated rings. The number of fused-ring (bicyclic) bond motifs is 1. The molecule has 172 valence electrons. The van der Waals surface area contributed by atoms with Crippen LogP contribution in [0.4, 0.5) is 0 Å². The van der Waals surface area contributed by atoms with Gasteiger partial charge in [-0.3, -0.25) is 0 Å². The number of methoxy groups -OCH3 is 1. The summed E-state index contributed by atoms with van der Waals surface area (Å²) in [7, 11) is 5.75. The fourth-order valence-electron chi connectivity index (χ4n) is 5.02. The lowest BCUT2D eigenvalue weighted by molar-refractivity contribution is -0.222. The average molecular weight is 456 g/mol. The number of benzene rings is 3. The molecule has 3 aromatic rings. The number of hydrogen-bond donors (Lipinski definition) is 1. The Hall–Kier alpha value is -2.11. The molecule has 0 spiro atoms. The minimum Gasteiger partial charge on any atom is -0.497 e. The molecule has 0 radical (unpaired) electrons. The Morgan fingerprint density at radius 2 is 1.66 bits per heavy atom. The number of aliphatic hydroxyl groups is 1. The highest BCUT2D eigenvalue weighted by Crippen LogP contribution is 2.48. The molecule has 0 aromatic heterocycles. The summed E-state index contributed by atoms with van der Waals surface area (Å²) < 4.78 is 12.2. The lowest BCUT2D eigenvalue weighted by atomic mass is 9.67. The molecule has 1 aliphatic rings. The van der Waals surface area contributed by atoms with E-state index in [1.807, 2.05) is 38.4 Å². The Morgan fingerprint density at radius 1 is 0.906 bits per heavy atom. The Bertz CT molecular complexity index is 1040. The molecule has 1 aliphatic carbocycles. The van der Waals surface area contributed by atoms with Crippen molar-refractivity contribution in [1.29, 1.82) is 0 Å². The van der Waals surface area contributed by atoms with Gasteiger partial charge in [0.05, 0.1) is 13.7 Å². The summed E-state index contributed by atoms with van der Waals surface area (Å²) >= 11 is 0. The van der Waals surface area contributed by atoms with Crippen molar-refractivity contribution in [1.82, 2.24) is 4.90 Å². The molecule has 3 aromatic carbocycles. The molecular weight excluding hydrogens is 422 g/mol. The van der Waals surface area contributed by atoms with Crippen LogP contribution >= 0.6 is 12.4 Å². The van der Waals surface area contributed by atoms with Crippen LogP contribution < -0.4 is 4.74 Å². The van der Waals surface area contributed by atoms with E-state index < -0.39 is 11.2 Å². The first kappa shape index (κ1) is 24.5. The molecule has 4 rings (SSSR count). The van der Waals surface area contributed by atoms with Gasteiger partial charge >= 0.3 is 0 Å². The third-order valence-corrected chi connectivity index (χ3v) is 6.57. The molecule has 1 saturated carbocycles. The minimum atomic E-state index is -1.08. The van der Waals surface area contributed by atoms with Crippen LogP contribution in [0, 0.1) is 0 Å². The summed E-state index contributed by atoms with van der Waals surface area (Å²) in [4.78, 5) is 2.12. The third-order valence-electron chi connectivity index (χ3n) is 6.57. The highest BCUT2D eigenvalue weighted by Gasteiger charge is 2.54. The van der Waals surface area contributed by atoms with Gasteiger partial charge in [0.2, 0.25) is 0 Å². The Morgan fingerprint density at radius 3 is 2.41 bits per heavy atom. The van der Waals surface area contributed by atoms with E-state index in [9.17, 15) is 5.11 Å². The van der Waals surface area contributed by atoms with Crippen molar-refractivity contribution in [3.05, 3.63) is 77.9 Å². The van der Waals surface area contributed by atoms with E-state index >= 15 is 0 Å². The molecule has 1 N–H and O–H groups in total. The predicted molar refractivity (Wildman–Crippen MR) is 133 cm³/mol. The van der Waals surface area contributed by atoms with Crippen molar-refractivity contribution in [3.63, 3.8) is 0 Å². The normalized spacial score (nSPS) is 23.2. The summed E-state index contributed by atoms with van der Waals surface area (Å²) in [5.74, 6) is 0.754. The van der Waals surface area contributed by atoms with Gasteiger partial charge in [-0.1, -0.05) is 61.4 Å². The zero-order valence-electron chi connectivity index (χ0n) is 19.2. The molecule has 0 saturated heterocycles. The van der Waals surface area contributed by atoms with E-state index in [1.165, 1.54) is 10.8 Å². The second-order valence-electron chi connectivity index (χ2n) is 9.00.